The highest BCUT2D eigenvalue weighted by molar-refractivity contribution is 5.11. The molecule has 138 valence electrons. The Morgan fingerprint density at radius 2 is 2.12 bits per heavy atom. The van der Waals surface area contributed by atoms with Crippen molar-refractivity contribution in [3.05, 3.63) is 23.6 Å². The summed E-state index contributed by atoms with van der Waals surface area (Å²) in [7, 11) is 0. The maximum absolute atomic E-state index is 10.9. The van der Waals surface area contributed by atoms with Crippen LogP contribution in [0.5, 0.6) is 0 Å². The Balaban J connectivity index is 1.59. The maximum atomic E-state index is 10.9. The zero-order valence-corrected chi connectivity index (χ0v) is 15.5. The van der Waals surface area contributed by atoms with E-state index in [4.69, 9.17) is 4.52 Å². The van der Waals surface area contributed by atoms with Gasteiger partial charge in [0.05, 0.1) is 12.7 Å². The largest absolute Gasteiger partial charge is 0.382 e. The van der Waals surface area contributed by atoms with Gasteiger partial charge in [-0.1, -0.05) is 24.2 Å². The van der Waals surface area contributed by atoms with Crippen molar-refractivity contribution in [1.29, 1.82) is 0 Å². The highest BCUT2D eigenvalue weighted by atomic mass is 16.5. The van der Waals surface area contributed by atoms with E-state index >= 15 is 0 Å². The van der Waals surface area contributed by atoms with E-state index in [1.807, 2.05) is 20.0 Å². The summed E-state index contributed by atoms with van der Waals surface area (Å²) in [5.41, 5.74) is -0.333. The van der Waals surface area contributed by atoms with Crippen molar-refractivity contribution in [3.63, 3.8) is 0 Å². The normalized spacial score (nSPS) is 21.7. The molecule has 0 spiro atoms. The molecule has 25 heavy (non-hydrogen) atoms. The summed E-state index contributed by atoms with van der Waals surface area (Å²) in [4.78, 5) is 6.58. The monoisotopic (exact) mass is 348 g/mol. The van der Waals surface area contributed by atoms with Crippen LogP contribution in [0.2, 0.25) is 0 Å². The molecule has 8 heteroatoms. The lowest BCUT2D eigenvalue weighted by Gasteiger charge is -2.20. The van der Waals surface area contributed by atoms with Gasteiger partial charge in [0.25, 0.3) is 0 Å². The molecule has 0 saturated carbocycles. The molecular formula is C17H28N6O2. The summed E-state index contributed by atoms with van der Waals surface area (Å²) in [5.74, 6) is 1.99. The molecule has 1 saturated heterocycles. The molecule has 3 heterocycles. The second kappa shape index (κ2) is 7.21. The van der Waals surface area contributed by atoms with Gasteiger partial charge in [0, 0.05) is 25.6 Å². The molecule has 0 unspecified atom stereocenters. The molecule has 1 aliphatic rings. The molecule has 2 aromatic heterocycles. The number of aryl methyl sites for hydroxylation is 1. The van der Waals surface area contributed by atoms with Crippen LogP contribution in [0.25, 0.3) is 0 Å². The number of aromatic nitrogens is 5. The van der Waals surface area contributed by atoms with Crippen LogP contribution in [0.4, 0.5) is 0 Å². The zero-order chi connectivity index (χ0) is 18.0. The fourth-order valence-corrected chi connectivity index (χ4v) is 3.02. The number of hydrogen-bond donors (Lipinski definition) is 1. The van der Waals surface area contributed by atoms with Gasteiger partial charge in [0.1, 0.15) is 11.3 Å². The zero-order valence-electron chi connectivity index (χ0n) is 15.5. The molecule has 0 radical (unpaired) electrons. The standard InChI is InChI=1S/C17H28N6O2/c1-12(2)5-6-15-18-16(25-20-15)10-22-8-7-17(24,11-22)14-9-23(13(3)4)21-19-14/h9,12-13,24H,5-8,10-11H2,1-4H3/t17-/m1/s1. The lowest BCUT2D eigenvalue weighted by Crippen LogP contribution is -2.31. The van der Waals surface area contributed by atoms with Crippen molar-refractivity contribution in [2.24, 2.45) is 5.92 Å². The first-order valence-corrected chi connectivity index (χ1v) is 9.04. The van der Waals surface area contributed by atoms with Crippen LogP contribution < -0.4 is 0 Å². The van der Waals surface area contributed by atoms with Gasteiger partial charge in [0.15, 0.2) is 5.82 Å². The Hall–Kier alpha value is -1.80. The third kappa shape index (κ3) is 4.24. The highest BCUT2D eigenvalue weighted by Gasteiger charge is 2.40. The average Bonchev–Trinajstić information content (AvgIpc) is 3.26. The number of rotatable bonds is 7. The fraction of sp³-hybridized carbons (Fsp3) is 0.765. The van der Waals surface area contributed by atoms with Gasteiger partial charge >= 0.3 is 0 Å². The van der Waals surface area contributed by atoms with Crippen molar-refractivity contribution in [2.45, 2.75) is 65.1 Å². The summed E-state index contributed by atoms with van der Waals surface area (Å²) in [6.45, 7) is 10.2. The molecule has 0 aliphatic carbocycles. The van der Waals surface area contributed by atoms with E-state index in [0.29, 0.717) is 37.0 Å². The lowest BCUT2D eigenvalue weighted by molar-refractivity contribution is 0.0397. The van der Waals surface area contributed by atoms with Crippen LogP contribution in [0.15, 0.2) is 10.7 Å². The minimum Gasteiger partial charge on any atom is -0.382 e. The highest BCUT2D eigenvalue weighted by Crippen LogP contribution is 2.31. The molecule has 1 atom stereocenters. The smallest absolute Gasteiger partial charge is 0.240 e. The Morgan fingerprint density at radius 1 is 1.32 bits per heavy atom. The van der Waals surface area contributed by atoms with Crippen molar-refractivity contribution in [3.8, 4) is 0 Å². The predicted octanol–water partition coefficient (Wildman–Crippen LogP) is 1.92. The molecule has 1 N–H and O–H groups in total. The second-order valence-electron chi connectivity index (χ2n) is 7.71. The Kier molecular flexibility index (Phi) is 5.19. The summed E-state index contributed by atoms with van der Waals surface area (Å²) in [6, 6.07) is 0.227. The lowest BCUT2D eigenvalue weighted by atomic mass is 10.00. The van der Waals surface area contributed by atoms with Crippen LogP contribution in [0, 0.1) is 5.92 Å². The third-order valence-corrected chi connectivity index (χ3v) is 4.66. The van der Waals surface area contributed by atoms with E-state index in [0.717, 1.165) is 25.2 Å². The Bertz CT molecular complexity index is 695. The van der Waals surface area contributed by atoms with E-state index in [2.05, 4.69) is 39.2 Å². The first kappa shape index (κ1) is 18.0. The number of β-amino-alcohol motifs (C(OH)–C–C–N with tert-alkyl or cyclic N) is 1. The van der Waals surface area contributed by atoms with Crippen LogP contribution in [0.3, 0.4) is 0 Å². The van der Waals surface area contributed by atoms with E-state index in [9.17, 15) is 5.11 Å². The Morgan fingerprint density at radius 3 is 2.80 bits per heavy atom. The molecule has 0 aromatic carbocycles. The van der Waals surface area contributed by atoms with Gasteiger partial charge in [0.2, 0.25) is 5.89 Å². The van der Waals surface area contributed by atoms with Gasteiger partial charge in [-0.05, 0) is 32.6 Å². The van der Waals surface area contributed by atoms with Gasteiger partial charge < -0.3 is 9.63 Å². The third-order valence-electron chi connectivity index (χ3n) is 4.66. The predicted molar refractivity (Wildman–Crippen MR) is 91.7 cm³/mol. The number of aliphatic hydroxyl groups is 1. The van der Waals surface area contributed by atoms with Gasteiger partial charge in [-0.3, -0.25) is 4.90 Å². The molecule has 3 rings (SSSR count). The molecular weight excluding hydrogens is 320 g/mol. The van der Waals surface area contributed by atoms with E-state index in [1.165, 1.54) is 0 Å². The SMILES string of the molecule is CC(C)CCc1noc(CN2CC[C@](O)(c3cn(C(C)C)nn3)C2)n1. The molecule has 1 aliphatic heterocycles. The van der Waals surface area contributed by atoms with Gasteiger partial charge in [-0.25, -0.2) is 4.68 Å². The van der Waals surface area contributed by atoms with Crippen molar-refractivity contribution in [2.75, 3.05) is 13.1 Å². The Labute approximate surface area is 148 Å². The molecule has 2 aromatic rings. The topological polar surface area (TPSA) is 93.1 Å². The van der Waals surface area contributed by atoms with Crippen molar-refractivity contribution in [1.82, 2.24) is 30.0 Å². The quantitative estimate of drug-likeness (QED) is 0.817. The van der Waals surface area contributed by atoms with Gasteiger partial charge in [-0.15, -0.1) is 5.10 Å². The van der Waals surface area contributed by atoms with Crippen LogP contribution in [-0.4, -0.2) is 48.2 Å². The van der Waals surface area contributed by atoms with Crippen LogP contribution in [-0.2, 0) is 18.6 Å². The maximum Gasteiger partial charge on any atom is 0.240 e. The van der Waals surface area contributed by atoms with Crippen LogP contribution in [0.1, 0.15) is 64.0 Å². The molecule has 0 bridgehead atoms. The number of likely N-dealkylation sites (tertiary alicyclic amines) is 1. The number of nitrogens with zero attached hydrogens (tertiary/aromatic N) is 6. The minimum atomic E-state index is -0.965. The number of hydrogen-bond acceptors (Lipinski definition) is 7. The summed E-state index contributed by atoms with van der Waals surface area (Å²) < 4.78 is 7.12. The first-order valence-electron chi connectivity index (χ1n) is 9.04. The molecule has 0 amide bonds. The van der Waals surface area contributed by atoms with E-state index in [1.54, 1.807) is 4.68 Å². The summed E-state index contributed by atoms with van der Waals surface area (Å²) in [5, 5.41) is 23.2. The van der Waals surface area contributed by atoms with Crippen molar-refractivity contribution >= 4 is 0 Å². The second-order valence-corrected chi connectivity index (χ2v) is 7.71. The summed E-state index contributed by atoms with van der Waals surface area (Å²) in [6.07, 6.45) is 4.35. The minimum absolute atomic E-state index is 0.227. The fourth-order valence-electron chi connectivity index (χ4n) is 3.02. The van der Waals surface area contributed by atoms with Crippen LogP contribution >= 0.6 is 0 Å². The van der Waals surface area contributed by atoms with Gasteiger partial charge in [-0.2, -0.15) is 4.98 Å². The molecule has 8 nitrogen and oxygen atoms in total. The van der Waals surface area contributed by atoms with Crippen molar-refractivity contribution < 1.29 is 9.63 Å². The molecule has 1 fully saturated rings. The summed E-state index contributed by atoms with van der Waals surface area (Å²) >= 11 is 0. The van der Waals surface area contributed by atoms with E-state index in [-0.39, 0.29) is 6.04 Å². The first-order chi connectivity index (χ1) is 11.9. The van der Waals surface area contributed by atoms with E-state index < -0.39 is 5.60 Å². The average molecular weight is 348 g/mol.